The summed E-state index contributed by atoms with van der Waals surface area (Å²) in [6.45, 7) is 4.17. The molecule has 0 unspecified atom stereocenters. The summed E-state index contributed by atoms with van der Waals surface area (Å²) >= 11 is 5.89. The lowest BCUT2D eigenvalue weighted by molar-refractivity contribution is -0.0345. The molecule has 2 aromatic rings. The first-order valence-corrected chi connectivity index (χ1v) is 8.79. The number of hydrogen-bond acceptors (Lipinski definition) is 3. The third kappa shape index (κ3) is 3.98. The highest BCUT2D eigenvalue weighted by Crippen LogP contribution is 2.33. The van der Waals surface area contributed by atoms with Crippen LogP contribution >= 0.6 is 11.6 Å². The minimum absolute atomic E-state index is 0.535. The number of piperidine rings is 1. The van der Waals surface area contributed by atoms with Crippen LogP contribution in [0.1, 0.15) is 35.6 Å². The zero-order chi connectivity index (χ0) is 17.2. The van der Waals surface area contributed by atoms with Crippen molar-refractivity contribution in [2.75, 3.05) is 19.6 Å². The number of aliphatic hydroxyl groups is 2. The molecule has 0 aliphatic carbocycles. The van der Waals surface area contributed by atoms with E-state index in [4.69, 9.17) is 11.6 Å². The minimum atomic E-state index is -0.756. The SMILES string of the molecule is Cc1cccc(C2(O)CCN(C[C@H](O)c3ccc(Cl)cc3)CC2)c1. The van der Waals surface area contributed by atoms with Crippen molar-refractivity contribution in [1.82, 2.24) is 4.90 Å². The topological polar surface area (TPSA) is 43.7 Å². The number of hydrogen-bond donors (Lipinski definition) is 2. The summed E-state index contributed by atoms with van der Waals surface area (Å²) in [5, 5.41) is 22.0. The van der Waals surface area contributed by atoms with Gasteiger partial charge in [-0.05, 0) is 43.0 Å². The van der Waals surface area contributed by atoms with Crippen molar-refractivity contribution in [1.29, 1.82) is 0 Å². The van der Waals surface area contributed by atoms with Crippen LogP contribution in [0.25, 0.3) is 0 Å². The van der Waals surface area contributed by atoms with Crippen LogP contribution in [0.5, 0.6) is 0 Å². The molecule has 0 bridgehead atoms. The Bertz CT molecular complexity index is 678. The number of aliphatic hydroxyl groups excluding tert-OH is 1. The van der Waals surface area contributed by atoms with Crippen molar-refractivity contribution >= 4 is 11.6 Å². The first-order valence-electron chi connectivity index (χ1n) is 8.42. The highest BCUT2D eigenvalue weighted by atomic mass is 35.5. The first-order chi connectivity index (χ1) is 11.5. The molecule has 1 atom stereocenters. The van der Waals surface area contributed by atoms with Crippen molar-refractivity contribution in [3.63, 3.8) is 0 Å². The fourth-order valence-corrected chi connectivity index (χ4v) is 3.49. The number of nitrogens with zero attached hydrogens (tertiary/aromatic N) is 1. The Morgan fingerprint density at radius 3 is 2.42 bits per heavy atom. The van der Waals surface area contributed by atoms with Crippen LogP contribution in [0, 0.1) is 6.92 Å². The highest BCUT2D eigenvalue weighted by Gasteiger charge is 2.34. The lowest BCUT2D eigenvalue weighted by Gasteiger charge is -2.39. The number of likely N-dealkylation sites (tertiary alicyclic amines) is 1. The number of benzene rings is 2. The molecule has 4 heteroatoms. The van der Waals surface area contributed by atoms with Crippen molar-refractivity contribution < 1.29 is 10.2 Å². The fourth-order valence-electron chi connectivity index (χ4n) is 3.36. The summed E-state index contributed by atoms with van der Waals surface area (Å²) in [7, 11) is 0. The predicted molar refractivity (Wildman–Crippen MR) is 97.2 cm³/mol. The van der Waals surface area contributed by atoms with E-state index in [1.165, 1.54) is 5.56 Å². The van der Waals surface area contributed by atoms with Crippen LogP contribution in [0.3, 0.4) is 0 Å². The zero-order valence-electron chi connectivity index (χ0n) is 14.0. The average Bonchev–Trinajstić information content (AvgIpc) is 2.58. The summed E-state index contributed by atoms with van der Waals surface area (Å²) in [6, 6.07) is 15.4. The molecule has 0 radical (unpaired) electrons. The Morgan fingerprint density at radius 2 is 1.79 bits per heavy atom. The summed E-state index contributed by atoms with van der Waals surface area (Å²) < 4.78 is 0. The van der Waals surface area contributed by atoms with Gasteiger partial charge in [0, 0.05) is 24.7 Å². The molecule has 0 saturated carbocycles. The van der Waals surface area contributed by atoms with Gasteiger partial charge >= 0.3 is 0 Å². The second kappa shape index (κ2) is 7.24. The average molecular weight is 346 g/mol. The second-order valence-corrected chi connectivity index (χ2v) is 7.21. The molecule has 1 aliphatic heterocycles. The fraction of sp³-hybridized carbons (Fsp3) is 0.400. The molecule has 1 saturated heterocycles. The molecule has 1 heterocycles. The van der Waals surface area contributed by atoms with Crippen LogP contribution in [-0.2, 0) is 5.60 Å². The lowest BCUT2D eigenvalue weighted by atomic mass is 9.84. The molecule has 24 heavy (non-hydrogen) atoms. The van der Waals surface area contributed by atoms with E-state index < -0.39 is 11.7 Å². The predicted octanol–water partition coefficient (Wildman–Crippen LogP) is 3.67. The molecular formula is C20H24ClNO2. The molecule has 0 amide bonds. The van der Waals surface area contributed by atoms with Gasteiger partial charge in [0.1, 0.15) is 0 Å². The van der Waals surface area contributed by atoms with Gasteiger partial charge in [0.25, 0.3) is 0 Å². The van der Waals surface area contributed by atoms with Gasteiger partial charge in [-0.15, -0.1) is 0 Å². The molecule has 3 rings (SSSR count). The molecule has 0 spiro atoms. The second-order valence-electron chi connectivity index (χ2n) is 6.77. The van der Waals surface area contributed by atoms with Gasteiger partial charge in [-0.25, -0.2) is 0 Å². The Kier molecular flexibility index (Phi) is 5.26. The monoisotopic (exact) mass is 345 g/mol. The molecule has 0 aromatic heterocycles. The van der Waals surface area contributed by atoms with E-state index in [1.807, 2.05) is 37.3 Å². The molecule has 2 aromatic carbocycles. The number of halogens is 1. The number of rotatable bonds is 4. The van der Waals surface area contributed by atoms with Gasteiger partial charge in [0.15, 0.2) is 0 Å². The van der Waals surface area contributed by atoms with Crippen molar-refractivity contribution in [2.24, 2.45) is 0 Å². The summed E-state index contributed by atoms with van der Waals surface area (Å²) in [5.41, 5.74) is 2.29. The lowest BCUT2D eigenvalue weighted by Crippen LogP contribution is -2.44. The van der Waals surface area contributed by atoms with E-state index in [-0.39, 0.29) is 0 Å². The van der Waals surface area contributed by atoms with E-state index in [2.05, 4.69) is 11.0 Å². The molecule has 1 fully saturated rings. The number of aryl methyl sites for hydroxylation is 1. The van der Waals surface area contributed by atoms with E-state index in [0.717, 1.165) is 24.2 Å². The maximum absolute atomic E-state index is 11.0. The smallest absolute Gasteiger partial charge is 0.0921 e. The zero-order valence-corrected chi connectivity index (χ0v) is 14.7. The van der Waals surface area contributed by atoms with Gasteiger partial charge in [-0.1, -0.05) is 53.6 Å². The number of β-amino-alcohol motifs (C(OH)–C–C–N with tert-alkyl or cyclic N) is 1. The highest BCUT2D eigenvalue weighted by molar-refractivity contribution is 6.30. The van der Waals surface area contributed by atoms with Crippen molar-refractivity contribution in [3.05, 3.63) is 70.2 Å². The van der Waals surface area contributed by atoms with Crippen LogP contribution < -0.4 is 0 Å². The Morgan fingerprint density at radius 1 is 1.12 bits per heavy atom. The standard InChI is InChI=1S/C20H24ClNO2/c1-15-3-2-4-17(13-15)20(24)9-11-22(12-10-20)14-19(23)16-5-7-18(21)8-6-16/h2-8,13,19,23-24H,9-12,14H2,1H3/t19-/m0/s1. The van der Waals surface area contributed by atoms with Crippen molar-refractivity contribution in [3.8, 4) is 0 Å². The minimum Gasteiger partial charge on any atom is -0.387 e. The van der Waals surface area contributed by atoms with E-state index in [9.17, 15) is 10.2 Å². The summed E-state index contributed by atoms with van der Waals surface area (Å²) in [4.78, 5) is 2.21. The van der Waals surface area contributed by atoms with Gasteiger partial charge in [-0.3, -0.25) is 0 Å². The van der Waals surface area contributed by atoms with Gasteiger partial charge in [0.2, 0.25) is 0 Å². The largest absolute Gasteiger partial charge is 0.387 e. The summed E-state index contributed by atoms with van der Waals surface area (Å²) in [5.74, 6) is 0. The third-order valence-electron chi connectivity index (χ3n) is 4.92. The molecule has 128 valence electrons. The van der Waals surface area contributed by atoms with E-state index in [0.29, 0.717) is 24.4 Å². The first kappa shape index (κ1) is 17.4. The molecule has 3 nitrogen and oxygen atoms in total. The Hall–Kier alpha value is -1.39. The maximum atomic E-state index is 11.0. The molecular weight excluding hydrogens is 322 g/mol. The summed E-state index contributed by atoms with van der Waals surface area (Å²) in [6.07, 6.45) is 0.834. The Labute approximate surface area is 148 Å². The van der Waals surface area contributed by atoms with Gasteiger partial charge in [0.05, 0.1) is 11.7 Å². The normalized spacial score (nSPS) is 19.2. The van der Waals surface area contributed by atoms with Crippen LogP contribution in [0.15, 0.2) is 48.5 Å². The van der Waals surface area contributed by atoms with Crippen LogP contribution in [0.2, 0.25) is 5.02 Å². The third-order valence-corrected chi connectivity index (χ3v) is 5.18. The maximum Gasteiger partial charge on any atom is 0.0921 e. The quantitative estimate of drug-likeness (QED) is 0.888. The van der Waals surface area contributed by atoms with Gasteiger partial charge < -0.3 is 15.1 Å². The Balaban J connectivity index is 1.59. The molecule has 1 aliphatic rings. The van der Waals surface area contributed by atoms with Crippen LogP contribution in [0.4, 0.5) is 0 Å². The van der Waals surface area contributed by atoms with E-state index >= 15 is 0 Å². The van der Waals surface area contributed by atoms with Gasteiger partial charge in [-0.2, -0.15) is 0 Å². The molecule has 2 N–H and O–H groups in total. The van der Waals surface area contributed by atoms with Crippen molar-refractivity contribution in [2.45, 2.75) is 31.5 Å². The van der Waals surface area contributed by atoms with Crippen LogP contribution in [-0.4, -0.2) is 34.7 Å². The van der Waals surface area contributed by atoms with E-state index in [1.54, 1.807) is 12.1 Å².